The highest BCUT2D eigenvalue weighted by molar-refractivity contribution is 5.82. The number of rotatable bonds is 12. The van der Waals surface area contributed by atoms with E-state index in [1.165, 1.54) is 0 Å². The summed E-state index contributed by atoms with van der Waals surface area (Å²) in [6, 6.07) is 11.3. The van der Waals surface area contributed by atoms with E-state index in [9.17, 15) is 9.90 Å². The Morgan fingerprint density at radius 1 is 1.00 bits per heavy atom. The number of fused-ring (bicyclic) bond motifs is 1. The molecule has 44 heavy (non-hydrogen) atoms. The Kier molecular flexibility index (Phi) is 9.95. The minimum absolute atomic E-state index is 0.0234. The number of alkyl carbamates (subject to hydrolysis) is 1. The molecular formula is C32H42N6O6. The van der Waals surface area contributed by atoms with Crippen LogP contribution in [0.15, 0.2) is 55.0 Å². The average molecular weight is 607 g/mol. The third-order valence-corrected chi connectivity index (χ3v) is 6.49. The van der Waals surface area contributed by atoms with E-state index in [-0.39, 0.29) is 19.8 Å². The number of hydrogen-bond acceptors (Lipinski definition) is 10. The predicted molar refractivity (Wildman–Crippen MR) is 169 cm³/mol. The topological polar surface area (TPSA) is 133 Å². The second-order valence-electron chi connectivity index (χ2n) is 12.2. The van der Waals surface area contributed by atoms with Crippen molar-refractivity contribution in [2.75, 3.05) is 38.9 Å². The third kappa shape index (κ3) is 8.80. The number of aliphatic hydroxyl groups excluding tert-OH is 1. The van der Waals surface area contributed by atoms with Gasteiger partial charge >= 0.3 is 6.09 Å². The van der Waals surface area contributed by atoms with E-state index in [2.05, 4.69) is 15.4 Å². The molecule has 0 fully saturated rings. The van der Waals surface area contributed by atoms with Gasteiger partial charge in [-0.2, -0.15) is 5.10 Å². The molecule has 0 spiro atoms. The van der Waals surface area contributed by atoms with Crippen LogP contribution in [0, 0.1) is 0 Å². The Balaban J connectivity index is 1.57. The van der Waals surface area contributed by atoms with Crippen molar-refractivity contribution >= 4 is 28.5 Å². The van der Waals surface area contributed by atoms with Gasteiger partial charge in [-0.05, 0) is 52.8 Å². The number of carbonyl (C=O) groups excluding carboxylic acids is 1. The number of aromatic nitrogens is 4. The maximum absolute atomic E-state index is 12.3. The lowest BCUT2D eigenvalue weighted by Crippen LogP contribution is -2.49. The standard InChI is InChI=1S/C32H42N6O6/c1-31(2,3)44-30(40)36-32(4,5)20-43-19-24(39)18-38(23-11-25(41-7)14-26(12-23)42-8)22-9-10-27-28(13-22)35-29(16-33-27)21-15-34-37(6)17-21/h9-17,24,39H,18-20H2,1-8H3,(H,36,40). The molecule has 2 heterocycles. The van der Waals surface area contributed by atoms with Gasteiger partial charge in [0.15, 0.2) is 0 Å². The van der Waals surface area contributed by atoms with Crippen LogP contribution < -0.4 is 19.7 Å². The molecule has 1 unspecified atom stereocenters. The number of carbonyl (C=O) groups is 1. The van der Waals surface area contributed by atoms with Gasteiger partial charge in [-0.15, -0.1) is 0 Å². The molecule has 0 radical (unpaired) electrons. The van der Waals surface area contributed by atoms with Crippen LogP contribution >= 0.6 is 0 Å². The van der Waals surface area contributed by atoms with Gasteiger partial charge < -0.3 is 34.3 Å². The summed E-state index contributed by atoms with van der Waals surface area (Å²) in [5.74, 6) is 1.20. The summed E-state index contributed by atoms with van der Waals surface area (Å²) >= 11 is 0. The van der Waals surface area contributed by atoms with E-state index in [1.54, 1.807) is 58.1 Å². The molecule has 0 saturated heterocycles. The zero-order valence-electron chi connectivity index (χ0n) is 26.6. The Labute approximate surface area is 257 Å². The zero-order valence-corrected chi connectivity index (χ0v) is 26.6. The maximum atomic E-state index is 12.3. The molecule has 2 aromatic heterocycles. The molecule has 236 valence electrons. The van der Waals surface area contributed by atoms with Gasteiger partial charge in [-0.1, -0.05) is 0 Å². The summed E-state index contributed by atoms with van der Waals surface area (Å²) in [5, 5.41) is 18.2. The molecule has 0 aliphatic rings. The summed E-state index contributed by atoms with van der Waals surface area (Å²) in [4.78, 5) is 23.6. The van der Waals surface area contributed by atoms with Crippen molar-refractivity contribution in [3.63, 3.8) is 0 Å². The number of nitrogens with one attached hydrogen (secondary N) is 1. The molecule has 1 atom stereocenters. The molecule has 12 heteroatoms. The fourth-order valence-electron chi connectivity index (χ4n) is 4.50. The molecule has 12 nitrogen and oxygen atoms in total. The van der Waals surface area contributed by atoms with E-state index in [1.807, 2.05) is 62.3 Å². The lowest BCUT2D eigenvalue weighted by Gasteiger charge is -2.30. The van der Waals surface area contributed by atoms with Crippen molar-refractivity contribution in [1.29, 1.82) is 0 Å². The van der Waals surface area contributed by atoms with Crippen LogP contribution in [-0.4, -0.2) is 82.2 Å². The SMILES string of the molecule is COc1cc(OC)cc(N(CC(O)COCC(C)(C)NC(=O)OC(C)(C)C)c2ccc3ncc(-c4cnn(C)c4)nc3c2)c1. The monoisotopic (exact) mass is 606 g/mol. The number of aliphatic hydroxyl groups is 1. The first-order valence-corrected chi connectivity index (χ1v) is 14.3. The van der Waals surface area contributed by atoms with Gasteiger partial charge in [-0.25, -0.2) is 9.78 Å². The molecule has 0 aliphatic carbocycles. The summed E-state index contributed by atoms with van der Waals surface area (Å²) in [6.07, 6.45) is 3.93. The van der Waals surface area contributed by atoms with Crippen molar-refractivity contribution in [1.82, 2.24) is 25.1 Å². The summed E-state index contributed by atoms with van der Waals surface area (Å²) < 4.78 is 24.0. The average Bonchev–Trinajstić information content (AvgIpc) is 3.39. The van der Waals surface area contributed by atoms with E-state index < -0.39 is 23.3 Å². The number of ether oxygens (including phenoxy) is 4. The van der Waals surface area contributed by atoms with Gasteiger partial charge in [-0.3, -0.25) is 9.67 Å². The molecule has 2 aromatic carbocycles. The number of nitrogens with zero attached hydrogens (tertiary/aromatic N) is 5. The second-order valence-corrected chi connectivity index (χ2v) is 12.2. The lowest BCUT2D eigenvalue weighted by molar-refractivity contribution is 0.00954. The molecule has 2 N–H and O–H groups in total. The van der Waals surface area contributed by atoms with Crippen LogP contribution in [0.1, 0.15) is 34.6 Å². The molecule has 0 saturated carbocycles. The molecular weight excluding hydrogens is 564 g/mol. The fraction of sp³-hybridized carbons (Fsp3) is 0.438. The first kappa shape index (κ1) is 32.5. The molecule has 1 amide bonds. The number of aryl methyl sites for hydroxylation is 1. The van der Waals surface area contributed by atoms with Crippen LogP contribution in [-0.2, 0) is 16.5 Å². The number of anilines is 2. The van der Waals surface area contributed by atoms with Crippen molar-refractivity contribution in [2.45, 2.75) is 51.9 Å². The van der Waals surface area contributed by atoms with Crippen LogP contribution in [0.2, 0.25) is 0 Å². The van der Waals surface area contributed by atoms with E-state index >= 15 is 0 Å². The quantitative estimate of drug-likeness (QED) is 0.230. The van der Waals surface area contributed by atoms with Crippen molar-refractivity contribution in [3.05, 3.63) is 55.0 Å². The fourth-order valence-corrected chi connectivity index (χ4v) is 4.50. The second kappa shape index (κ2) is 13.5. The van der Waals surface area contributed by atoms with Gasteiger partial charge in [0, 0.05) is 48.4 Å². The molecule has 0 bridgehead atoms. The Bertz CT molecular complexity index is 1560. The van der Waals surface area contributed by atoms with Crippen molar-refractivity contribution in [2.24, 2.45) is 7.05 Å². The van der Waals surface area contributed by atoms with E-state index in [4.69, 9.17) is 23.9 Å². The minimum atomic E-state index is -0.895. The summed E-state index contributed by atoms with van der Waals surface area (Å²) in [5.41, 5.74) is 3.16. The highest BCUT2D eigenvalue weighted by Crippen LogP contribution is 2.34. The highest BCUT2D eigenvalue weighted by atomic mass is 16.6. The summed E-state index contributed by atoms with van der Waals surface area (Å²) in [7, 11) is 5.03. The van der Waals surface area contributed by atoms with Gasteiger partial charge in [0.05, 0.1) is 74.7 Å². The third-order valence-electron chi connectivity index (χ3n) is 6.49. The number of amides is 1. The van der Waals surface area contributed by atoms with Gasteiger partial charge in [0.25, 0.3) is 0 Å². The Morgan fingerprint density at radius 3 is 2.32 bits per heavy atom. The molecule has 0 aliphatic heterocycles. The first-order chi connectivity index (χ1) is 20.7. The lowest BCUT2D eigenvalue weighted by atomic mass is 10.1. The van der Waals surface area contributed by atoms with Crippen LogP contribution in [0.3, 0.4) is 0 Å². The smallest absolute Gasteiger partial charge is 0.408 e. The number of methoxy groups -OCH3 is 2. The summed E-state index contributed by atoms with van der Waals surface area (Å²) in [6.45, 7) is 9.43. The van der Waals surface area contributed by atoms with Crippen LogP contribution in [0.25, 0.3) is 22.3 Å². The van der Waals surface area contributed by atoms with Gasteiger partial charge in [0.1, 0.15) is 17.1 Å². The van der Waals surface area contributed by atoms with Crippen molar-refractivity contribution in [3.8, 4) is 22.8 Å². The largest absolute Gasteiger partial charge is 0.497 e. The molecule has 4 rings (SSSR count). The Morgan fingerprint density at radius 2 is 1.70 bits per heavy atom. The predicted octanol–water partition coefficient (Wildman–Crippen LogP) is 4.87. The normalized spacial score (nSPS) is 12.6. The maximum Gasteiger partial charge on any atom is 0.408 e. The number of hydrogen-bond donors (Lipinski definition) is 2. The first-order valence-electron chi connectivity index (χ1n) is 14.3. The van der Waals surface area contributed by atoms with E-state index in [0.717, 1.165) is 22.5 Å². The van der Waals surface area contributed by atoms with Crippen molar-refractivity contribution < 1.29 is 28.8 Å². The van der Waals surface area contributed by atoms with Crippen LogP contribution in [0.4, 0.5) is 16.2 Å². The zero-order chi connectivity index (χ0) is 32.1. The molecule has 4 aromatic rings. The number of benzene rings is 2. The van der Waals surface area contributed by atoms with Gasteiger partial charge in [0.2, 0.25) is 0 Å². The minimum Gasteiger partial charge on any atom is -0.497 e. The van der Waals surface area contributed by atoms with E-state index in [0.29, 0.717) is 22.7 Å². The van der Waals surface area contributed by atoms with Crippen LogP contribution in [0.5, 0.6) is 11.5 Å². The highest BCUT2D eigenvalue weighted by Gasteiger charge is 2.26. The Hall–Kier alpha value is -4.42.